The molecule has 7 heteroatoms. The molecule has 1 amide bonds. The molecule has 29 heavy (non-hydrogen) atoms. The predicted molar refractivity (Wildman–Crippen MR) is 107 cm³/mol. The molecule has 0 radical (unpaired) electrons. The summed E-state index contributed by atoms with van der Waals surface area (Å²) in [4.78, 5) is 24.5. The molecule has 0 aliphatic carbocycles. The average Bonchev–Trinajstić information content (AvgIpc) is 3.22. The lowest BCUT2D eigenvalue weighted by Crippen LogP contribution is -2.44. The summed E-state index contributed by atoms with van der Waals surface area (Å²) in [5.41, 5.74) is 2.21. The van der Waals surface area contributed by atoms with Gasteiger partial charge in [0.2, 0.25) is 5.91 Å². The van der Waals surface area contributed by atoms with Crippen molar-refractivity contribution in [2.24, 2.45) is 22.1 Å². The third-order valence-corrected chi connectivity index (χ3v) is 5.35. The number of aliphatic carboxylic acids is 1. The Balaban J connectivity index is 1.45. The van der Waals surface area contributed by atoms with Crippen LogP contribution in [0, 0.1) is 18.8 Å². The fourth-order valence-electron chi connectivity index (χ4n) is 3.84. The molecule has 0 saturated carbocycles. The maximum absolute atomic E-state index is 12.8. The number of aryl methyl sites for hydroxylation is 1. The minimum Gasteiger partial charge on any atom is -0.481 e. The van der Waals surface area contributed by atoms with Gasteiger partial charge in [-0.2, -0.15) is 10.2 Å². The number of carboxylic acid groups (broad SMARTS) is 1. The monoisotopic (exact) mass is 391 g/mol. The Morgan fingerprint density at radius 1 is 1.03 bits per heavy atom. The SMILES string of the molecule is Cc1ccc(N=Nc2ccc(NC(=O)C3C(C(=O)O)C4C=CC3(C)O4)cc2)cc1. The van der Waals surface area contributed by atoms with E-state index in [4.69, 9.17) is 4.74 Å². The highest BCUT2D eigenvalue weighted by molar-refractivity contribution is 5.97. The van der Waals surface area contributed by atoms with E-state index < -0.39 is 29.5 Å². The zero-order chi connectivity index (χ0) is 20.6. The summed E-state index contributed by atoms with van der Waals surface area (Å²) in [7, 11) is 0. The van der Waals surface area contributed by atoms with Crippen molar-refractivity contribution < 1.29 is 19.4 Å². The molecule has 2 bridgehead atoms. The maximum Gasteiger partial charge on any atom is 0.310 e. The topological polar surface area (TPSA) is 100 Å². The highest BCUT2D eigenvalue weighted by atomic mass is 16.5. The van der Waals surface area contributed by atoms with Gasteiger partial charge < -0.3 is 15.2 Å². The summed E-state index contributed by atoms with van der Waals surface area (Å²) >= 11 is 0. The van der Waals surface area contributed by atoms with Gasteiger partial charge in [-0.3, -0.25) is 9.59 Å². The van der Waals surface area contributed by atoms with Crippen LogP contribution in [0.1, 0.15) is 12.5 Å². The molecule has 2 heterocycles. The number of carbonyl (C=O) groups excluding carboxylic acids is 1. The van der Waals surface area contributed by atoms with Crippen LogP contribution in [0.2, 0.25) is 0 Å². The lowest BCUT2D eigenvalue weighted by atomic mass is 9.75. The lowest BCUT2D eigenvalue weighted by Gasteiger charge is -2.27. The molecule has 2 aliphatic rings. The maximum atomic E-state index is 12.8. The van der Waals surface area contributed by atoms with E-state index in [0.717, 1.165) is 11.3 Å². The van der Waals surface area contributed by atoms with E-state index in [1.165, 1.54) is 0 Å². The number of hydrogen-bond donors (Lipinski definition) is 2. The molecule has 148 valence electrons. The quantitative estimate of drug-likeness (QED) is 0.583. The van der Waals surface area contributed by atoms with Gasteiger partial charge >= 0.3 is 5.97 Å². The minimum absolute atomic E-state index is 0.374. The van der Waals surface area contributed by atoms with Crippen LogP contribution < -0.4 is 5.32 Å². The molecule has 1 fully saturated rings. The number of azo groups is 1. The Morgan fingerprint density at radius 2 is 1.62 bits per heavy atom. The first-order valence-corrected chi connectivity index (χ1v) is 9.35. The van der Waals surface area contributed by atoms with E-state index in [1.807, 2.05) is 31.2 Å². The fourth-order valence-corrected chi connectivity index (χ4v) is 3.84. The Kier molecular flexibility index (Phi) is 4.76. The van der Waals surface area contributed by atoms with Gasteiger partial charge in [-0.05, 0) is 50.2 Å². The van der Waals surface area contributed by atoms with Crippen LogP contribution in [0.15, 0.2) is 70.9 Å². The Hall–Kier alpha value is -3.32. The van der Waals surface area contributed by atoms with Gasteiger partial charge in [-0.25, -0.2) is 0 Å². The molecule has 4 rings (SSSR count). The van der Waals surface area contributed by atoms with Crippen molar-refractivity contribution in [3.63, 3.8) is 0 Å². The Bertz CT molecular complexity index is 998. The Labute approximate surface area is 168 Å². The largest absolute Gasteiger partial charge is 0.481 e. The van der Waals surface area contributed by atoms with Crippen LogP contribution in [-0.2, 0) is 14.3 Å². The van der Waals surface area contributed by atoms with E-state index in [-0.39, 0.29) is 5.91 Å². The Morgan fingerprint density at radius 3 is 2.21 bits per heavy atom. The second-order valence-electron chi connectivity index (χ2n) is 7.54. The van der Waals surface area contributed by atoms with Crippen molar-refractivity contribution in [1.29, 1.82) is 0 Å². The van der Waals surface area contributed by atoms with Crippen molar-refractivity contribution in [2.75, 3.05) is 5.32 Å². The number of fused-ring (bicyclic) bond motifs is 2. The molecule has 0 spiro atoms. The van der Waals surface area contributed by atoms with Crippen molar-refractivity contribution in [1.82, 2.24) is 0 Å². The summed E-state index contributed by atoms with van der Waals surface area (Å²) < 4.78 is 5.73. The number of benzene rings is 2. The van der Waals surface area contributed by atoms with E-state index >= 15 is 0 Å². The first kappa shape index (κ1) is 19.0. The molecular weight excluding hydrogens is 370 g/mol. The van der Waals surface area contributed by atoms with Gasteiger partial charge in [0.25, 0.3) is 0 Å². The van der Waals surface area contributed by atoms with Gasteiger partial charge in [-0.15, -0.1) is 0 Å². The molecule has 7 nitrogen and oxygen atoms in total. The second-order valence-corrected chi connectivity index (χ2v) is 7.54. The van der Waals surface area contributed by atoms with Crippen LogP contribution in [0.25, 0.3) is 0 Å². The zero-order valence-corrected chi connectivity index (χ0v) is 16.1. The number of ether oxygens (including phenoxy) is 1. The number of rotatable bonds is 5. The summed E-state index contributed by atoms with van der Waals surface area (Å²) in [5, 5.41) is 20.7. The van der Waals surface area contributed by atoms with Crippen molar-refractivity contribution >= 4 is 28.9 Å². The molecule has 2 aromatic carbocycles. The number of nitrogens with one attached hydrogen (secondary N) is 1. The van der Waals surface area contributed by atoms with Crippen LogP contribution >= 0.6 is 0 Å². The van der Waals surface area contributed by atoms with Crippen LogP contribution in [0.5, 0.6) is 0 Å². The second kappa shape index (κ2) is 7.25. The summed E-state index contributed by atoms with van der Waals surface area (Å²) in [6, 6.07) is 14.6. The van der Waals surface area contributed by atoms with Crippen molar-refractivity contribution in [3.05, 3.63) is 66.2 Å². The van der Waals surface area contributed by atoms with Crippen LogP contribution in [0.4, 0.5) is 17.1 Å². The normalized spacial score (nSPS) is 27.4. The minimum atomic E-state index is -1.03. The van der Waals surface area contributed by atoms with Gasteiger partial charge in [0.05, 0.1) is 29.0 Å². The highest BCUT2D eigenvalue weighted by Gasteiger charge is 2.59. The summed E-state index contributed by atoms with van der Waals surface area (Å²) in [6.45, 7) is 3.75. The average molecular weight is 391 g/mol. The number of carbonyl (C=O) groups is 2. The van der Waals surface area contributed by atoms with Gasteiger partial charge in [0.15, 0.2) is 0 Å². The van der Waals surface area contributed by atoms with Crippen LogP contribution in [0.3, 0.4) is 0 Å². The number of nitrogens with zero attached hydrogens (tertiary/aromatic N) is 2. The summed E-state index contributed by atoms with van der Waals surface area (Å²) in [6.07, 6.45) is 2.92. The first-order valence-electron chi connectivity index (χ1n) is 9.35. The molecule has 4 unspecified atom stereocenters. The van der Waals surface area contributed by atoms with Crippen molar-refractivity contribution in [2.45, 2.75) is 25.6 Å². The third-order valence-electron chi connectivity index (χ3n) is 5.35. The van der Waals surface area contributed by atoms with E-state index in [2.05, 4.69) is 15.5 Å². The van der Waals surface area contributed by atoms with Gasteiger partial charge in [-0.1, -0.05) is 29.8 Å². The highest BCUT2D eigenvalue weighted by Crippen LogP contribution is 2.47. The molecule has 2 aliphatic heterocycles. The molecule has 1 saturated heterocycles. The standard InChI is InChI=1S/C22H21N3O4/c1-13-3-5-15(6-4-13)24-25-16-9-7-14(8-10-16)23-20(26)19-18(21(27)28)17-11-12-22(19,2)29-17/h3-12,17-19H,1-2H3,(H,23,26)(H,27,28). The third kappa shape index (κ3) is 3.69. The first-order chi connectivity index (χ1) is 13.9. The van der Waals surface area contributed by atoms with E-state index in [9.17, 15) is 14.7 Å². The van der Waals surface area contributed by atoms with Crippen LogP contribution in [-0.4, -0.2) is 28.7 Å². The zero-order valence-electron chi connectivity index (χ0n) is 16.1. The molecule has 2 aromatic rings. The number of hydrogen-bond acceptors (Lipinski definition) is 5. The van der Waals surface area contributed by atoms with Gasteiger partial charge in [0.1, 0.15) is 5.92 Å². The summed E-state index contributed by atoms with van der Waals surface area (Å²) in [5.74, 6) is -3.10. The number of carboxylic acids is 1. The van der Waals surface area contributed by atoms with Gasteiger partial charge in [0, 0.05) is 5.69 Å². The lowest BCUT2D eigenvalue weighted by molar-refractivity contribution is -0.146. The van der Waals surface area contributed by atoms with E-state index in [0.29, 0.717) is 11.4 Å². The predicted octanol–water partition coefficient (Wildman–Crippen LogP) is 4.39. The number of anilines is 1. The molecule has 4 atom stereocenters. The van der Waals surface area contributed by atoms with Crippen molar-refractivity contribution in [3.8, 4) is 0 Å². The molecule has 0 aromatic heterocycles. The molecule has 2 N–H and O–H groups in total. The smallest absolute Gasteiger partial charge is 0.310 e. The molecular formula is C22H21N3O4. The van der Waals surface area contributed by atoms with E-state index in [1.54, 1.807) is 43.3 Å². The fraction of sp³-hybridized carbons (Fsp3) is 0.273. The number of amides is 1.